The van der Waals surface area contributed by atoms with Crippen molar-refractivity contribution in [3.05, 3.63) is 52.6 Å². The van der Waals surface area contributed by atoms with Crippen LogP contribution in [0.4, 0.5) is 0 Å². The third kappa shape index (κ3) is 2.33. The van der Waals surface area contributed by atoms with Crippen LogP contribution in [0.2, 0.25) is 0 Å². The first kappa shape index (κ1) is 15.1. The van der Waals surface area contributed by atoms with Gasteiger partial charge in [0.05, 0.1) is 0 Å². The standard InChI is InChI=1S/C21H26O/c1-20(2,3)14-7-8-15-13(11-14)12-17-16(15)9-10-18(19(17)22)21(4,5)6/h7-11,22H,12H2,1-6H3. The molecule has 0 amide bonds. The van der Waals surface area contributed by atoms with Crippen LogP contribution in [0, 0.1) is 0 Å². The number of rotatable bonds is 0. The molecule has 0 unspecified atom stereocenters. The highest BCUT2D eigenvalue weighted by Gasteiger charge is 2.28. The fourth-order valence-corrected chi connectivity index (χ4v) is 3.33. The van der Waals surface area contributed by atoms with Gasteiger partial charge in [0.1, 0.15) is 5.75 Å². The summed E-state index contributed by atoms with van der Waals surface area (Å²) in [6, 6.07) is 11.0. The molecule has 3 rings (SSSR count). The highest BCUT2D eigenvalue weighted by molar-refractivity contribution is 5.80. The smallest absolute Gasteiger partial charge is 0.123 e. The molecule has 0 saturated heterocycles. The molecule has 0 aliphatic heterocycles. The summed E-state index contributed by atoms with van der Waals surface area (Å²) in [5.41, 5.74) is 7.41. The first-order valence-corrected chi connectivity index (χ1v) is 8.08. The molecule has 0 heterocycles. The number of phenolic OH excluding ortho intramolecular Hbond substituents is 1. The van der Waals surface area contributed by atoms with Gasteiger partial charge in [-0.1, -0.05) is 71.9 Å². The van der Waals surface area contributed by atoms with Crippen molar-refractivity contribution in [2.24, 2.45) is 0 Å². The summed E-state index contributed by atoms with van der Waals surface area (Å²) in [6.45, 7) is 13.2. The fourth-order valence-electron chi connectivity index (χ4n) is 3.33. The molecule has 0 bridgehead atoms. The fraction of sp³-hybridized carbons (Fsp3) is 0.429. The Balaban J connectivity index is 2.12. The molecule has 2 aromatic carbocycles. The second kappa shape index (κ2) is 4.62. The number of benzene rings is 2. The summed E-state index contributed by atoms with van der Waals surface area (Å²) in [6.07, 6.45) is 0.838. The Morgan fingerprint density at radius 2 is 1.45 bits per heavy atom. The minimum atomic E-state index is -0.0372. The SMILES string of the molecule is CC(C)(C)c1ccc2c(c1)Cc1c-2ccc(C(C)(C)C)c1O. The molecular formula is C21H26O. The Hall–Kier alpha value is -1.76. The van der Waals surface area contributed by atoms with Gasteiger partial charge in [-0.2, -0.15) is 0 Å². The van der Waals surface area contributed by atoms with Crippen molar-refractivity contribution in [1.82, 2.24) is 0 Å². The maximum Gasteiger partial charge on any atom is 0.123 e. The highest BCUT2D eigenvalue weighted by atomic mass is 16.3. The van der Waals surface area contributed by atoms with Crippen LogP contribution in [0.5, 0.6) is 5.75 Å². The van der Waals surface area contributed by atoms with Crippen LogP contribution in [0.25, 0.3) is 11.1 Å². The molecule has 0 radical (unpaired) electrons. The summed E-state index contributed by atoms with van der Waals surface area (Å²) in [5.74, 6) is 0.485. The number of phenols is 1. The molecule has 2 aromatic rings. The van der Waals surface area contributed by atoms with Crippen LogP contribution in [0.15, 0.2) is 30.3 Å². The summed E-state index contributed by atoms with van der Waals surface area (Å²) >= 11 is 0. The topological polar surface area (TPSA) is 20.2 Å². The maximum atomic E-state index is 10.7. The molecule has 0 fully saturated rings. The lowest BCUT2D eigenvalue weighted by molar-refractivity contribution is 0.442. The maximum absolute atomic E-state index is 10.7. The molecule has 1 aliphatic carbocycles. The van der Waals surface area contributed by atoms with Crippen LogP contribution in [-0.4, -0.2) is 5.11 Å². The minimum absolute atomic E-state index is 0.0372. The van der Waals surface area contributed by atoms with Crippen molar-refractivity contribution in [3.8, 4) is 16.9 Å². The summed E-state index contributed by atoms with van der Waals surface area (Å²) in [7, 11) is 0. The van der Waals surface area contributed by atoms with E-state index in [2.05, 4.69) is 71.9 Å². The van der Waals surface area contributed by atoms with Gasteiger partial charge in [0.25, 0.3) is 0 Å². The quantitative estimate of drug-likeness (QED) is 0.575. The molecule has 116 valence electrons. The summed E-state index contributed by atoms with van der Waals surface area (Å²) < 4.78 is 0. The molecule has 0 atom stereocenters. The number of hydrogen-bond donors (Lipinski definition) is 1. The van der Waals surface area contributed by atoms with E-state index < -0.39 is 0 Å². The van der Waals surface area contributed by atoms with Crippen molar-refractivity contribution >= 4 is 0 Å². The van der Waals surface area contributed by atoms with Gasteiger partial charge in [-0.05, 0) is 38.6 Å². The van der Waals surface area contributed by atoms with E-state index in [0.29, 0.717) is 5.75 Å². The zero-order valence-electron chi connectivity index (χ0n) is 14.5. The molecular weight excluding hydrogens is 268 g/mol. The molecule has 0 saturated carbocycles. The number of aromatic hydroxyl groups is 1. The van der Waals surface area contributed by atoms with Gasteiger partial charge in [0.15, 0.2) is 0 Å². The lowest BCUT2D eigenvalue weighted by Crippen LogP contribution is -2.11. The third-order valence-corrected chi connectivity index (χ3v) is 4.72. The zero-order chi connectivity index (χ0) is 16.3. The van der Waals surface area contributed by atoms with Gasteiger partial charge >= 0.3 is 0 Å². The Kier molecular flexibility index (Phi) is 3.18. The Morgan fingerprint density at radius 3 is 2.05 bits per heavy atom. The van der Waals surface area contributed by atoms with Crippen LogP contribution in [0.3, 0.4) is 0 Å². The molecule has 22 heavy (non-hydrogen) atoms. The van der Waals surface area contributed by atoms with E-state index in [9.17, 15) is 5.11 Å². The second-order valence-corrected chi connectivity index (χ2v) is 8.54. The van der Waals surface area contributed by atoms with Gasteiger partial charge in [-0.15, -0.1) is 0 Å². The van der Waals surface area contributed by atoms with Crippen molar-refractivity contribution in [2.75, 3.05) is 0 Å². The van der Waals surface area contributed by atoms with Crippen molar-refractivity contribution in [2.45, 2.75) is 58.8 Å². The molecule has 1 heteroatoms. The van der Waals surface area contributed by atoms with Gasteiger partial charge < -0.3 is 5.11 Å². The Labute approximate surface area is 134 Å². The van der Waals surface area contributed by atoms with Crippen molar-refractivity contribution in [3.63, 3.8) is 0 Å². The van der Waals surface area contributed by atoms with E-state index in [4.69, 9.17) is 0 Å². The second-order valence-electron chi connectivity index (χ2n) is 8.54. The molecule has 0 aromatic heterocycles. The molecule has 1 aliphatic rings. The third-order valence-electron chi connectivity index (χ3n) is 4.72. The number of hydrogen-bond acceptors (Lipinski definition) is 1. The van der Waals surface area contributed by atoms with Gasteiger partial charge in [0.2, 0.25) is 0 Å². The lowest BCUT2D eigenvalue weighted by atomic mass is 9.84. The monoisotopic (exact) mass is 294 g/mol. The number of fused-ring (bicyclic) bond motifs is 3. The predicted molar refractivity (Wildman–Crippen MR) is 93.7 cm³/mol. The van der Waals surface area contributed by atoms with E-state index in [1.54, 1.807) is 0 Å². The van der Waals surface area contributed by atoms with Gasteiger partial charge in [-0.3, -0.25) is 0 Å². The average molecular weight is 294 g/mol. The Morgan fingerprint density at radius 1 is 0.818 bits per heavy atom. The zero-order valence-corrected chi connectivity index (χ0v) is 14.5. The van der Waals surface area contributed by atoms with E-state index in [-0.39, 0.29) is 10.8 Å². The summed E-state index contributed by atoms with van der Waals surface area (Å²) in [5, 5.41) is 10.7. The van der Waals surface area contributed by atoms with Gasteiger partial charge in [0, 0.05) is 12.0 Å². The molecule has 1 nitrogen and oxygen atoms in total. The van der Waals surface area contributed by atoms with Crippen LogP contribution < -0.4 is 0 Å². The van der Waals surface area contributed by atoms with Crippen molar-refractivity contribution < 1.29 is 5.11 Å². The lowest BCUT2D eigenvalue weighted by Gasteiger charge is -2.22. The van der Waals surface area contributed by atoms with E-state index >= 15 is 0 Å². The largest absolute Gasteiger partial charge is 0.507 e. The summed E-state index contributed by atoms with van der Waals surface area (Å²) in [4.78, 5) is 0. The molecule has 0 spiro atoms. The Bertz CT molecular complexity index is 740. The van der Waals surface area contributed by atoms with Crippen LogP contribution in [-0.2, 0) is 17.3 Å². The van der Waals surface area contributed by atoms with Crippen molar-refractivity contribution in [1.29, 1.82) is 0 Å². The molecule has 1 N–H and O–H groups in total. The highest BCUT2D eigenvalue weighted by Crippen LogP contribution is 2.45. The van der Waals surface area contributed by atoms with Gasteiger partial charge in [-0.25, -0.2) is 0 Å². The normalized spacial score (nSPS) is 13.9. The van der Waals surface area contributed by atoms with E-state index in [0.717, 1.165) is 17.5 Å². The van der Waals surface area contributed by atoms with Crippen LogP contribution in [0.1, 0.15) is 63.8 Å². The first-order valence-electron chi connectivity index (χ1n) is 8.08. The average Bonchev–Trinajstić information content (AvgIpc) is 2.75. The van der Waals surface area contributed by atoms with Crippen LogP contribution >= 0.6 is 0 Å². The van der Waals surface area contributed by atoms with E-state index in [1.807, 2.05) is 0 Å². The first-order chi connectivity index (χ1) is 10.1. The predicted octanol–water partition coefficient (Wildman–Crippen LogP) is 5.56. The van der Waals surface area contributed by atoms with E-state index in [1.165, 1.54) is 22.3 Å². The minimum Gasteiger partial charge on any atom is -0.507 e.